The SMILES string of the molecule is CCCCCCCCCCCC[NH2+]CCCCCCCCCCCC.[I-]. The third-order valence-electron chi connectivity index (χ3n) is 5.52. The summed E-state index contributed by atoms with van der Waals surface area (Å²) in [6, 6.07) is 0. The summed E-state index contributed by atoms with van der Waals surface area (Å²) in [5, 5.41) is 2.56. The van der Waals surface area contributed by atoms with Gasteiger partial charge in [0.1, 0.15) is 0 Å². The van der Waals surface area contributed by atoms with Gasteiger partial charge in [0.05, 0.1) is 13.1 Å². The zero-order valence-corrected chi connectivity index (χ0v) is 20.7. The molecule has 0 unspecified atom stereocenters. The van der Waals surface area contributed by atoms with E-state index in [0.717, 1.165) is 0 Å². The first-order valence-corrected chi connectivity index (χ1v) is 12.2. The van der Waals surface area contributed by atoms with E-state index in [1.54, 1.807) is 0 Å². The van der Waals surface area contributed by atoms with E-state index in [1.165, 1.54) is 142 Å². The highest BCUT2D eigenvalue weighted by Crippen LogP contribution is 2.11. The molecule has 0 atom stereocenters. The molecule has 0 spiro atoms. The minimum Gasteiger partial charge on any atom is -1.00 e. The Morgan fingerprint density at radius 3 is 0.846 bits per heavy atom. The van der Waals surface area contributed by atoms with Gasteiger partial charge in [0.15, 0.2) is 0 Å². The molecule has 0 aliphatic carbocycles. The fourth-order valence-corrected chi connectivity index (χ4v) is 3.70. The number of hydrogen-bond acceptors (Lipinski definition) is 0. The Morgan fingerprint density at radius 2 is 0.577 bits per heavy atom. The molecule has 26 heavy (non-hydrogen) atoms. The Balaban J connectivity index is 0. The highest BCUT2D eigenvalue weighted by atomic mass is 127. The number of hydrogen-bond donors (Lipinski definition) is 1. The van der Waals surface area contributed by atoms with Gasteiger partial charge in [0.25, 0.3) is 0 Å². The van der Waals surface area contributed by atoms with Crippen molar-refractivity contribution in [3.8, 4) is 0 Å². The Morgan fingerprint density at radius 1 is 0.346 bits per heavy atom. The molecule has 1 nitrogen and oxygen atoms in total. The molecule has 0 aromatic rings. The van der Waals surface area contributed by atoms with E-state index in [0.29, 0.717) is 0 Å². The fourth-order valence-electron chi connectivity index (χ4n) is 3.70. The van der Waals surface area contributed by atoms with Crippen LogP contribution >= 0.6 is 0 Å². The van der Waals surface area contributed by atoms with Crippen LogP contribution in [0, 0.1) is 0 Å². The van der Waals surface area contributed by atoms with Crippen LogP contribution in [0.4, 0.5) is 0 Å². The van der Waals surface area contributed by atoms with Gasteiger partial charge in [-0.05, 0) is 25.7 Å². The maximum atomic E-state index is 2.56. The molecular formula is C24H52IN. The first-order valence-electron chi connectivity index (χ1n) is 12.2. The summed E-state index contributed by atoms with van der Waals surface area (Å²) in [5.74, 6) is 0. The quantitative estimate of drug-likeness (QED) is 0.174. The first-order chi connectivity index (χ1) is 12.4. The second kappa shape index (κ2) is 27.9. The zero-order valence-electron chi connectivity index (χ0n) is 18.5. The molecule has 2 N–H and O–H groups in total. The van der Waals surface area contributed by atoms with E-state index in [4.69, 9.17) is 0 Å². The standard InChI is InChI=1S/C24H51N.HI/c1-3-5-7-9-11-13-15-17-19-21-23-25-24-22-20-18-16-14-12-10-8-6-4-2;/h25H,3-24H2,1-2H3;1H. The van der Waals surface area contributed by atoms with E-state index in [1.807, 2.05) is 0 Å². The van der Waals surface area contributed by atoms with Crippen LogP contribution in [0.25, 0.3) is 0 Å². The maximum Gasteiger partial charge on any atom is 0.0755 e. The smallest absolute Gasteiger partial charge is 0.0755 e. The van der Waals surface area contributed by atoms with E-state index in [2.05, 4.69) is 19.2 Å². The molecular weight excluding hydrogens is 429 g/mol. The van der Waals surface area contributed by atoms with E-state index >= 15 is 0 Å². The molecule has 0 radical (unpaired) electrons. The molecule has 160 valence electrons. The van der Waals surface area contributed by atoms with Crippen LogP contribution in [0.5, 0.6) is 0 Å². The molecule has 0 amide bonds. The minimum absolute atomic E-state index is 0. The van der Waals surface area contributed by atoms with Crippen molar-refractivity contribution in [3.63, 3.8) is 0 Å². The lowest BCUT2D eigenvalue weighted by atomic mass is 10.1. The van der Waals surface area contributed by atoms with Gasteiger partial charge < -0.3 is 29.3 Å². The number of quaternary nitrogens is 1. The summed E-state index contributed by atoms with van der Waals surface area (Å²) < 4.78 is 0. The molecule has 0 aromatic heterocycles. The summed E-state index contributed by atoms with van der Waals surface area (Å²) in [4.78, 5) is 0. The average molecular weight is 482 g/mol. The van der Waals surface area contributed by atoms with Crippen LogP contribution < -0.4 is 29.3 Å². The molecule has 0 aromatic carbocycles. The summed E-state index contributed by atoms with van der Waals surface area (Å²) in [5.41, 5.74) is 0. The number of rotatable bonds is 22. The van der Waals surface area contributed by atoms with Crippen molar-refractivity contribution in [2.24, 2.45) is 0 Å². The highest BCUT2D eigenvalue weighted by Gasteiger charge is 1.96. The van der Waals surface area contributed by atoms with Crippen molar-refractivity contribution in [2.45, 2.75) is 142 Å². The molecule has 0 bridgehead atoms. The predicted octanol–water partition coefficient (Wildman–Crippen LogP) is 4.40. The van der Waals surface area contributed by atoms with E-state index in [9.17, 15) is 0 Å². The molecule has 2 heteroatoms. The molecule has 0 fully saturated rings. The van der Waals surface area contributed by atoms with Crippen LogP contribution in [0.2, 0.25) is 0 Å². The Kier molecular flexibility index (Phi) is 31.0. The van der Waals surface area contributed by atoms with Gasteiger partial charge in [0.2, 0.25) is 0 Å². The van der Waals surface area contributed by atoms with Crippen molar-refractivity contribution in [1.82, 2.24) is 0 Å². The van der Waals surface area contributed by atoms with E-state index in [-0.39, 0.29) is 24.0 Å². The van der Waals surface area contributed by atoms with Gasteiger partial charge in [-0.2, -0.15) is 0 Å². The molecule has 0 heterocycles. The topological polar surface area (TPSA) is 16.6 Å². The highest BCUT2D eigenvalue weighted by molar-refractivity contribution is 4.48. The third-order valence-corrected chi connectivity index (χ3v) is 5.52. The van der Waals surface area contributed by atoms with Crippen molar-refractivity contribution >= 4 is 0 Å². The second-order valence-corrected chi connectivity index (χ2v) is 8.23. The lowest BCUT2D eigenvalue weighted by Crippen LogP contribution is -3.00. The normalized spacial score (nSPS) is 10.8. The summed E-state index contributed by atoms with van der Waals surface area (Å²) in [7, 11) is 0. The molecule has 0 saturated carbocycles. The first kappa shape index (κ1) is 28.9. The summed E-state index contributed by atoms with van der Waals surface area (Å²) in [6.07, 6.45) is 29.1. The van der Waals surface area contributed by atoms with Crippen LogP contribution in [0.3, 0.4) is 0 Å². The van der Waals surface area contributed by atoms with Crippen LogP contribution in [-0.2, 0) is 0 Å². The van der Waals surface area contributed by atoms with Gasteiger partial charge in [-0.25, -0.2) is 0 Å². The largest absolute Gasteiger partial charge is 1.00 e. The third kappa shape index (κ3) is 26.9. The minimum atomic E-state index is 0. The maximum absolute atomic E-state index is 2.56. The van der Waals surface area contributed by atoms with Crippen molar-refractivity contribution < 1.29 is 29.3 Å². The number of unbranched alkanes of at least 4 members (excludes halogenated alkanes) is 18. The zero-order chi connectivity index (χ0) is 18.3. The van der Waals surface area contributed by atoms with Gasteiger partial charge in [0, 0.05) is 0 Å². The van der Waals surface area contributed by atoms with Crippen LogP contribution in [0.1, 0.15) is 142 Å². The Labute approximate surface area is 184 Å². The lowest BCUT2D eigenvalue weighted by molar-refractivity contribution is -0.655. The van der Waals surface area contributed by atoms with Crippen molar-refractivity contribution in [1.29, 1.82) is 0 Å². The second-order valence-electron chi connectivity index (χ2n) is 8.23. The van der Waals surface area contributed by atoms with Gasteiger partial charge >= 0.3 is 0 Å². The monoisotopic (exact) mass is 481 g/mol. The Hall–Kier alpha value is 0.690. The predicted molar refractivity (Wildman–Crippen MR) is 115 cm³/mol. The van der Waals surface area contributed by atoms with Crippen LogP contribution in [-0.4, -0.2) is 13.1 Å². The van der Waals surface area contributed by atoms with Crippen molar-refractivity contribution in [3.05, 3.63) is 0 Å². The van der Waals surface area contributed by atoms with E-state index < -0.39 is 0 Å². The van der Waals surface area contributed by atoms with Gasteiger partial charge in [-0.3, -0.25) is 0 Å². The fraction of sp³-hybridized carbons (Fsp3) is 1.00. The number of halogens is 1. The molecule has 0 aliphatic heterocycles. The summed E-state index contributed by atoms with van der Waals surface area (Å²) in [6.45, 7) is 7.34. The summed E-state index contributed by atoms with van der Waals surface area (Å²) >= 11 is 0. The Bertz CT molecular complexity index is 198. The number of nitrogens with two attached hydrogens (primary N) is 1. The molecule has 0 aliphatic rings. The van der Waals surface area contributed by atoms with Gasteiger partial charge in [-0.1, -0.05) is 117 Å². The van der Waals surface area contributed by atoms with Crippen molar-refractivity contribution in [2.75, 3.05) is 13.1 Å². The van der Waals surface area contributed by atoms with Crippen LogP contribution in [0.15, 0.2) is 0 Å². The molecule has 0 saturated heterocycles. The van der Waals surface area contributed by atoms with Gasteiger partial charge in [-0.15, -0.1) is 0 Å². The lowest BCUT2D eigenvalue weighted by Gasteiger charge is -2.04. The molecule has 0 rings (SSSR count). The average Bonchev–Trinajstić information content (AvgIpc) is 2.63.